The van der Waals surface area contributed by atoms with E-state index in [1.165, 1.54) is 7.11 Å². The van der Waals surface area contributed by atoms with E-state index in [4.69, 9.17) is 4.74 Å². The second-order valence-electron chi connectivity index (χ2n) is 6.57. The highest BCUT2D eigenvalue weighted by molar-refractivity contribution is 5.95. The van der Waals surface area contributed by atoms with Crippen molar-refractivity contribution in [1.82, 2.24) is 10.2 Å². The zero-order chi connectivity index (χ0) is 18.6. The molecule has 0 radical (unpaired) electrons. The van der Waals surface area contributed by atoms with Crippen LogP contribution in [0, 0.1) is 0 Å². The van der Waals surface area contributed by atoms with Crippen LogP contribution >= 0.6 is 0 Å². The molecule has 132 valence electrons. The first-order valence-corrected chi connectivity index (χ1v) is 8.04. The van der Waals surface area contributed by atoms with Crippen LogP contribution in [-0.4, -0.2) is 38.1 Å². The molecule has 2 aromatic rings. The fourth-order valence-electron chi connectivity index (χ4n) is 2.73. The van der Waals surface area contributed by atoms with Gasteiger partial charge in [-0.05, 0) is 42.7 Å². The molecule has 0 aliphatic heterocycles. The second kappa shape index (κ2) is 7.38. The molecule has 0 fully saturated rings. The molecule has 0 saturated carbocycles. The number of methoxy groups -OCH3 is 1. The maximum atomic E-state index is 12.2. The van der Waals surface area contributed by atoms with E-state index >= 15 is 0 Å². The molecule has 0 aromatic heterocycles. The first-order chi connectivity index (χ1) is 11.8. The molecule has 0 unspecified atom stereocenters. The molecule has 0 spiro atoms. The molecule has 0 saturated heterocycles. The lowest BCUT2D eigenvalue weighted by Crippen LogP contribution is -2.41. The van der Waals surface area contributed by atoms with Crippen LogP contribution in [0.15, 0.2) is 48.5 Å². The number of alkyl carbamates (subject to hydrolysis) is 1. The Morgan fingerprint density at radius 1 is 1.04 bits per heavy atom. The number of hydrogen-bond acceptors (Lipinski definition) is 3. The monoisotopic (exact) mass is 340 g/mol. The van der Waals surface area contributed by atoms with E-state index in [1.807, 2.05) is 56.3 Å². The number of rotatable bonds is 4. The Morgan fingerprint density at radius 3 is 2.36 bits per heavy atom. The average molecular weight is 340 g/mol. The van der Waals surface area contributed by atoms with E-state index in [-0.39, 0.29) is 5.91 Å². The molecule has 2 rings (SSSR count). The molecule has 5 heteroatoms. The number of benzene rings is 2. The van der Waals surface area contributed by atoms with Gasteiger partial charge in [-0.3, -0.25) is 4.79 Å². The Balaban J connectivity index is 2.50. The average Bonchev–Trinajstić information content (AvgIpc) is 2.60. The molecule has 0 bridgehead atoms. The van der Waals surface area contributed by atoms with Crippen molar-refractivity contribution in [3.8, 4) is 11.1 Å². The number of carbonyl (C=O) groups excluding carboxylic acids is 2. The highest BCUT2D eigenvalue weighted by Crippen LogP contribution is 2.32. The minimum absolute atomic E-state index is 0.0497. The fourth-order valence-corrected chi connectivity index (χ4v) is 2.73. The van der Waals surface area contributed by atoms with Crippen molar-refractivity contribution in [3.05, 3.63) is 59.7 Å². The van der Waals surface area contributed by atoms with Crippen molar-refractivity contribution in [3.63, 3.8) is 0 Å². The largest absolute Gasteiger partial charge is 0.453 e. The van der Waals surface area contributed by atoms with Crippen molar-refractivity contribution in [2.75, 3.05) is 21.2 Å². The van der Waals surface area contributed by atoms with Crippen molar-refractivity contribution >= 4 is 12.0 Å². The summed E-state index contributed by atoms with van der Waals surface area (Å²) in [6, 6.07) is 15.3. The fraction of sp³-hybridized carbons (Fsp3) is 0.300. The van der Waals surface area contributed by atoms with E-state index in [1.54, 1.807) is 25.1 Å². The Kier molecular flexibility index (Phi) is 5.47. The van der Waals surface area contributed by atoms with Gasteiger partial charge in [0.15, 0.2) is 0 Å². The van der Waals surface area contributed by atoms with Gasteiger partial charge in [0.1, 0.15) is 0 Å². The molecular formula is C20H24N2O3. The lowest BCUT2D eigenvalue weighted by Gasteiger charge is -2.28. The molecule has 2 aromatic carbocycles. The van der Waals surface area contributed by atoms with Gasteiger partial charge in [0.05, 0.1) is 12.6 Å². The van der Waals surface area contributed by atoms with Crippen LogP contribution in [0.2, 0.25) is 0 Å². The summed E-state index contributed by atoms with van der Waals surface area (Å²) in [5, 5.41) is 2.85. The van der Waals surface area contributed by atoms with E-state index in [2.05, 4.69) is 5.32 Å². The number of amides is 2. The summed E-state index contributed by atoms with van der Waals surface area (Å²) >= 11 is 0. The summed E-state index contributed by atoms with van der Waals surface area (Å²) in [6.45, 7) is 3.83. The number of carbonyl (C=O) groups is 2. The zero-order valence-corrected chi connectivity index (χ0v) is 15.3. The topological polar surface area (TPSA) is 58.6 Å². The van der Waals surface area contributed by atoms with Crippen LogP contribution in [0.5, 0.6) is 0 Å². The molecular weight excluding hydrogens is 316 g/mol. The Morgan fingerprint density at radius 2 is 1.72 bits per heavy atom. The minimum Gasteiger partial charge on any atom is -0.453 e. The molecule has 25 heavy (non-hydrogen) atoms. The van der Waals surface area contributed by atoms with Crippen LogP contribution in [0.25, 0.3) is 11.1 Å². The molecule has 1 N–H and O–H groups in total. The lowest BCUT2D eigenvalue weighted by molar-refractivity contribution is 0.0827. The highest BCUT2D eigenvalue weighted by atomic mass is 16.5. The van der Waals surface area contributed by atoms with Crippen LogP contribution in [0.3, 0.4) is 0 Å². The van der Waals surface area contributed by atoms with Gasteiger partial charge < -0.3 is 15.0 Å². The molecule has 0 atom stereocenters. The predicted octanol–water partition coefficient (Wildman–Crippen LogP) is 3.65. The summed E-state index contributed by atoms with van der Waals surface area (Å²) < 4.78 is 4.73. The van der Waals surface area contributed by atoms with Crippen molar-refractivity contribution < 1.29 is 14.3 Å². The van der Waals surface area contributed by atoms with Gasteiger partial charge in [0, 0.05) is 19.7 Å². The molecule has 0 aliphatic rings. The third kappa shape index (κ3) is 4.18. The predicted molar refractivity (Wildman–Crippen MR) is 98.5 cm³/mol. The van der Waals surface area contributed by atoms with Gasteiger partial charge in [-0.1, -0.05) is 36.4 Å². The number of nitrogens with zero attached hydrogens (tertiary/aromatic N) is 1. The van der Waals surface area contributed by atoms with E-state index < -0.39 is 11.6 Å². The number of hydrogen-bond donors (Lipinski definition) is 1. The Labute approximate surface area is 148 Å². The summed E-state index contributed by atoms with van der Waals surface area (Å²) in [5.74, 6) is -0.0497. The Hall–Kier alpha value is -2.82. The third-order valence-electron chi connectivity index (χ3n) is 4.03. The van der Waals surface area contributed by atoms with Crippen LogP contribution in [0.1, 0.15) is 29.8 Å². The first-order valence-electron chi connectivity index (χ1n) is 8.04. The lowest BCUT2D eigenvalue weighted by atomic mass is 9.86. The zero-order valence-electron chi connectivity index (χ0n) is 15.3. The van der Waals surface area contributed by atoms with E-state index in [0.29, 0.717) is 5.56 Å². The third-order valence-corrected chi connectivity index (χ3v) is 4.03. The van der Waals surface area contributed by atoms with E-state index in [9.17, 15) is 9.59 Å². The first kappa shape index (κ1) is 18.5. The quantitative estimate of drug-likeness (QED) is 0.924. The molecule has 0 aliphatic carbocycles. The maximum Gasteiger partial charge on any atom is 0.407 e. The van der Waals surface area contributed by atoms with E-state index in [0.717, 1.165) is 16.7 Å². The minimum atomic E-state index is -0.634. The van der Waals surface area contributed by atoms with Crippen molar-refractivity contribution in [1.29, 1.82) is 0 Å². The standard InChI is InChI=1S/C20H24N2O3/c1-20(2,21-19(24)25-5)17-12-7-6-11-16(17)14-9-8-10-15(13-14)18(23)22(3)4/h6-13H,1-5H3,(H,21,24). The van der Waals surface area contributed by atoms with Gasteiger partial charge in [-0.15, -0.1) is 0 Å². The second-order valence-corrected chi connectivity index (χ2v) is 6.57. The summed E-state index contributed by atoms with van der Waals surface area (Å²) in [7, 11) is 4.80. The van der Waals surface area contributed by atoms with Gasteiger partial charge in [0.2, 0.25) is 0 Å². The highest BCUT2D eigenvalue weighted by Gasteiger charge is 2.26. The molecule has 0 heterocycles. The summed E-state index contributed by atoms with van der Waals surface area (Å²) in [5.41, 5.74) is 2.80. The van der Waals surface area contributed by atoms with Gasteiger partial charge in [-0.25, -0.2) is 4.79 Å². The smallest absolute Gasteiger partial charge is 0.407 e. The normalized spacial score (nSPS) is 10.9. The van der Waals surface area contributed by atoms with Gasteiger partial charge >= 0.3 is 6.09 Å². The van der Waals surface area contributed by atoms with Crippen LogP contribution in [-0.2, 0) is 10.3 Å². The molecule has 5 nitrogen and oxygen atoms in total. The molecule has 2 amide bonds. The summed E-state index contributed by atoms with van der Waals surface area (Å²) in [6.07, 6.45) is -0.490. The Bertz CT molecular complexity index is 782. The number of nitrogens with one attached hydrogen (secondary N) is 1. The maximum absolute atomic E-state index is 12.2. The van der Waals surface area contributed by atoms with Crippen molar-refractivity contribution in [2.24, 2.45) is 0 Å². The van der Waals surface area contributed by atoms with Gasteiger partial charge in [0.25, 0.3) is 5.91 Å². The van der Waals surface area contributed by atoms with Crippen LogP contribution < -0.4 is 5.32 Å². The summed E-state index contributed by atoms with van der Waals surface area (Å²) in [4.78, 5) is 25.5. The van der Waals surface area contributed by atoms with Crippen molar-refractivity contribution in [2.45, 2.75) is 19.4 Å². The SMILES string of the molecule is COC(=O)NC(C)(C)c1ccccc1-c1cccc(C(=O)N(C)C)c1. The van der Waals surface area contributed by atoms with Crippen LogP contribution in [0.4, 0.5) is 4.79 Å². The number of ether oxygens (including phenoxy) is 1. The van der Waals surface area contributed by atoms with Gasteiger partial charge in [-0.2, -0.15) is 0 Å².